The first-order chi connectivity index (χ1) is 9.58. The third-order valence-electron chi connectivity index (χ3n) is 3.91. The summed E-state index contributed by atoms with van der Waals surface area (Å²) in [5.74, 6) is 0. The van der Waals surface area contributed by atoms with Gasteiger partial charge in [-0.2, -0.15) is 0 Å². The normalized spacial score (nSPS) is 12.8. The predicted molar refractivity (Wildman–Crippen MR) is 86.9 cm³/mol. The number of hydrogen-bond acceptors (Lipinski definition) is 1. The summed E-state index contributed by atoms with van der Waals surface area (Å²) in [7, 11) is 0. The molecule has 2 nitrogen and oxygen atoms in total. The molecule has 1 heterocycles. The van der Waals surface area contributed by atoms with Gasteiger partial charge in [-0.15, -0.1) is 0 Å². The van der Waals surface area contributed by atoms with Gasteiger partial charge in [0.2, 0.25) is 0 Å². The molecular formula is C17H18N2S. The number of imidazole rings is 1. The number of para-hydroxylation sites is 1. The summed E-state index contributed by atoms with van der Waals surface area (Å²) in [5.41, 5.74) is 6.08. The van der Waals surface area contributed by atoms with Gasteiger partial charge in [0.05, 0.1) is 17.1 Å². The first-order valence-electron chi connectivity index (χ1n) is 6.84. The van der Waals surface area contributed by atoms with Gasteiger partial charge in [-0.1, -0.05) is 42.0 Å². The van der Waals surface area contributed by atoms with Crippen molar-refractivity contribution in [2.75, 3.05) is 0 Å². The zero-order valence-electron chi connectivity index (χ0n) is 12.0. The molecule has 0 aliphatic rings. The topological polar surface area (TPSA) is 20.7 Å². The Morgan fingerprint density at radius 3 is 2.45 bits per heavy atom. The Bertz CT molecular complexity index is 809. The number of aromatic nitrogens is 2. The molecule has 1 atom stereocenters. The second kappa shape index (κ2) is 4.91. The van der Waals surface area contributed by atoms with E-state index in [1.54, 1.807) is 0 Å². The maximum Gasteiger partial charge on any atom is 0.178 e. The summed E-state index contributed by atoms with van der Waals surface area (Å²) >= 11 is 5.52. The third-order valence-corrected chi connectivity index (χ3v) is 4.21. The Labute approximate surface area is 124 Å². The smallest absolute Gasteiger partial charge is 0.178 e. The van der Waals surface area contributed by atoms with Gasteiger partial charge in [-0.3, -0.25) is 0 Å². The molecule has 0 aliphatic heterocycles. The molecule has 20 heavy (non-hydrogen) atoms. The number of nitrogens with one attached hydrogen (secondary N) is 1. The predicted octanol–water partition coefficient (Wildman–Crippen LogP) is 4.93. The van der Waals surface area contributed by atoms with Crippen LogP contribution >= 0.6 is 12.2 Å². The fourth-order valence-electron chi connectivity index (χ4n) is 2.67. The molecule has 3 heteroatoms. The monoisotopic (exact) mass is 282 g/mol. The first-order valence-corrected chi connectivity index (χ1v) is 7.25. The van der Waals surface area contributed by atoms with Crippen LogP contribution in [0, 0.1) is 18.6 Å². The molecule has 0 saturated heterocycles. The van der Waals surface area contributed by atoms with Gasteiger partial charge >= 0.3 is 0 Å². The van der Waals surface area contributed by atoms with Gasteiger partial charge in [0.1, 0.15) is 0 Å². The minimum absolute atomic E-state index is 0.221. The third kappa shape index (κ3) is 2.08. The van der Waals surface area contributed by atoms with Crippen molar-refractivity contribution < 1.29 is 0 Å². The van der Waals surface area contributed by atoms with Crippen LogP contribution in [0.4, 0.5) is 0 Å². The lowest BCUT2D eigenvalue weighted by Crippen LogP contribution is -2.06. The fourth-order valence-corrected chi connectivity index (χ4v) is 3.03. The van der Waals surface area contributed by atoms with Crippen molar-refractivity contribution in [2.45, 2.75) is 26.8 Å². The quantitative estimate of drug-likeness (QED) is 0.661. The number of aryl methyl sites for hydroxylation is 2. The van der Waals surface area contributed by atoms with Crippen LogP contribution in [0.15, 0.2) is 42.5 Å². The fraction of sp³-hybridized carbons (Fsp3) is 0.235. The van der Waals surface area contributed by atoms with Crippen molar-refractivity contribution >= 4 is 23.3 Å². The maximum atomic E-state index is 5.52. The van der Waals surface area contributed by atoms with E-state index in [-0.39, 0.29) is 6.04 Å². The lowest BCUT2D eigenvalue weighted by atomic mass is 10.1. The number of nitrogens with zero attached hydrogens (tertiary/aromatic N) is 1. The Morgan fingerprint density at radius 1 is 1.05 bits per heavy atom. The van der Waals surface area contributed by atoms with Crippen LogP contribution < -0.4 is 0 Å². The van der Waals surface area contributed by atoms with E-state index in [9.17, 15) is 0 Å². The van der Waals surface area contributed by atoms with Crippen LogP contribution in [-0.4, -0.2) is 9.55 Å². The van der Waals surface area contributed by atoms with Crippen molar-refractivity contribution in [3.05, 3.63) is 63.9 Å². The van der Waals surface area contributed by atoms with E-state index in [0.29, 0.717) is 0 Å². The van der Waals surface area contributed by atoms with E-state index in [1.807, 2.05) is 0 Å². The van der Waals surface area contributed by atoms with Crippen molar-refractivity contribution in [1.82, 2.24) is 9.55 Å². The van der Waals surface area contributed by atoms with Crippen LogP contribution in [0.3, 0.4) is 0 Å². The molecule has 3 rings (SSSR count). The summed E-state index contributed by atoms with van der Waals surface area (Å²) in [6.45, 7) is 6.40. The van der Waals surface area contributed by atoms with Crippen molar-refractivity contribution in [2.24, 2.45) is 0 Å². The maximum absolute atomic E-state index is 5.52. The average Bonchev–Trinajstić information content (AvgIpc) is 2.77. The molecule has 0 fully saturated rings. The number of hydrogen-bond donors (Lipinski definition) is 1. The standard InChI is InChI=1S/C17H18N2S/c1-11-7-9-14(10-8-11)13(3)19-15-6-4-5-12(2)16(15)18-17(19)20/h4-10,13H,1-3H3,(H,18,20). The Kier molecular flexibility index (Phi) is 3.22. The number of aromatic amines is 1. The molecule has 0 bridgehead atoms. The highest BCUT2D eigenvalue weighted by molar-refractivity contribution is 7.71. The van der Waals surface area contributed by atoms with E-state index >= 15 is 0 Å². The van der Waals surface area contributed by atoms with Crippen molar-refractivity contribution in [3.8, 4) is 0 Å². The van der Waals surface area contributed by atoms with Gasteiger partial charge in [0.15, 0.2) is 4.77 Å². The molecule has 3 aromatic rings. The second-order valence-corrected chi connectivity index (χ2v) is 5.74. The van der Waals surface area contributed by atoms with E-state index in [1.165, 1.54) is 22.2 Å². The van der Waals surface area contributed by atoms with Gasteiger partial charge in [-0.05, 0) is 50.2 Å². The molecule has 1 unspecified atom stereocenters. The molecule has 102 valence electrons. The number of fused-ring (bicyclic) bond motifs is 1. The summed E-state index contributed by atoms with van der Waals surface area (Å²) in [4.78, 5) is 3.34. The Balaban J connectivity index is 2.19. The molecule has 0 amide bonds. The SMILES string of the molecule is Cc1ccc(C(C)n2c(=S)[nH]c3c(C)cccc32)cc1. The highest BCUT2D eigenvalue weighted by Gasteiger charge is 2.13. The molecule has 0 spiro atoms. The van der Waals surface area contributed by atoms with Crippen LogP contribution in [0.5, 0.6) is 0 Å². The van der Waals surface area contributed by atoms with Crippen LogP contribution in [0.25, 0.3) is 11.0 Å². The highest BCUT2D eigenvalue weighted by atomic mass is 32.1. The minimum atomic E-state index is 0.221. The summed E-state index contributed by atoms with van der Waals surface area (Å²) in [5, 5.41) is 0. The van der Waals surface area contributed by atoms with Gasteiger partial charge < -0.3 is 9.55 Å². The molecule has 1 N–H and O–H groups in total. The molecule has 0 radical (unpaired) electrons. The lowest BCUT2D eigenvalue weighted by Gasteiger charge is -2.15. The van der Waals surface area contributed by atoms with Gasteiger partial charge in [0, 0.05) is 0 Å². The molecule has 2 aromatic carbocycles. The van der Waals surface area contributed by atoms with Crippen molar-refractivity contribution in [1.29, 1.82) is 0 Å². The van der Waals surface area contributed by atoms with Crippen LogP contribution in [-0.2, 0) is 0 Å². The number of rotatable bonds is 2. The van der Waals surface area contributed by atoms with E-state index in [2.05, 4.69) is 72.8 Å². The average molecular weight is 282 g/mol. The molecule has 1 aromatic heterocycles. The molecule has 0 aliphatic carbocycles. The van der Waals surface area contributed by atoms with Crippen LogP contribution in [0.2, 0.25) is 0 Å². The first kappa shape index (κ1) is 13.1. The minimum Gasteiger partial charge on any atom is -0.330 e. The number of H-pyrrole nitrogens is 1. The second-order valence-electron chi connectivity index (χ2n) is 5.36. The molecular weight excluding hydrogens is 264 g/mol. The van der Waals surface area contributed by atoms with Crippen molar-refractivity contribution in [3.63, 3.8) is 0 Å². The zero-order valence-corrected chi connectivity index (χ0v) is 12.8. The Hall–Kier alpha value is -1.87. The summed E-state index contributed by atoms with van der Waals surface area (Å²) in [6.07, 6.45) is 0. The zero-order chi connectivity index (χ0) is 14.3. The van der Waals surface area contributed by atoms with E-state index in [4.69, 9.17) is 12.2 Å². The van der Waals surface area contributed by atoms with E-state index < -0.39 is 0 Å². The Morgan fingerprint density at radius 2 is 1.75 bits per heavy atom. The summed E-state index contributed by atoms with van der Waals surface area (Å²) in [6, 6.07) is 15.2. The van der Waals surface area contributed by atoms with E-state index in [0.717, 1.165) is 10.3 Å². The molecule has 0 saturated carbocycles. The lowest BCUT2D eigenvalue weighted by molar-refractivity contribution is 0.649. The van der Waals surface area contributed by atoms with Gasteiger partial charge in [0.25, 0.3) is 0 Å². The van der Waals surface area contributed by atoms with Crippen LogP contribution in [0.1, 0.15) is 29.7 Å². The highest BCUT2D eigenvalue weighted by Crippen LogP contribution is 2.26. The van der Waals surface area contributed by atoms with Gasteiger partial charge in [-0.25, -0.2) is 0 Å². The number of benzene rings is 2. The largest absolute Gasteiger partial charge is 0.330 e. The summed E-state index contributed by atoms with van der Waals surface area (Å²) < 4.78 is 2.98.